The number of aryl methyl sites for hydroxylation is 1. The molecule has 110 valence electrons. The highest BCUT2D eigenvalue weighted by Crippen LogP contribution is 2.19. The van der Waals surface area contributed by atoms with E-state index in [9.17, 15) is 0 Å². The predicted molar refractivity (Wildman–Crippen MR) is 83.0 cm³/mol. The summed E-state index contributed by atoms with van der Waals surface area (Å²) >= 11 is 0. The van der Waals surface area contributed by atoms with Gasteiger partial charge in [-0.1, -0.05) is 6.07 Å². The minimum absolute atomic E-state index is 0.696. The van der Waals surface area contributed by atoms with Crippen molar-refractivity contribution in [3.63, 3.8) is 0 Å². The molecule has 5 heteroatoms. The molecule has 0 atom stereocenters. The van der Waals surface area contributed by atoms with Crippen LogP contribution in [-0.2, 0) is 13.1 Å². The fourth-order valence-corrected chi connectivity index (χ4v) is 2.18. The maximum absolute atomic E-state index is 4.51. The number of rotatable bonds is 6. The summed E-state index contributed by atoms with van der Waals surface area (Å²) in [5.74, 6) is 0.869. The van der Waals surface area contributed by atoms with E-state index in [1.54, 1.807) is 0 Å². The van der Waals surface area contributed by atoms with Crippen molar-refractivity contribution in [2.75, 3.05) is 11.9 Å². The fourth-order valence-electron chi connectivity index (χ4n) is 2.18. The molecule has 3 rings (SSSR count). The number of anilines is 1. The summed E-state index contributed by atoms with van der Waals surface area (Å²) in [4.78, 5) is 15.5. The summed E-state index contributed by atoms with van der Waals surface area (Å²) in [6.07, 6.45) is 6.26. The minimum Gasteiger partial charge on any atom is -0.353 e. The molecule has 21 heavy (non-hydrogen) atoms. The van der Waals surface area contributed by atoms with E-state index in [-0.39, 0.29) is 0 Å². The molecule has 1 saturated carbocycles. The van der Waals surface area contributed by atoms with Gasteiger partial charge in [0.25, 0.3) is 0 Å². The molecule has 0 spiro atoms. The first kappa shape index (κ1) is 13.9. The van der Waals surface area contributed by atoms with E-state index in [0.29, 0.717) is 6.04 Å². The van der Waals surface area contributed by atoms with Gasteiger partial charge in [-0.25, -0.2) is 4.98 Å². The standard InChI is InChI=1S/C16H21N5/c1-12-4-3-5-14(20-12)11-21(2)16-10-18-15(9-19-16)8-17-13-6-7-13/h3-5,9-10,13,17H,6-8,11H2,1-2H3. The molecule has 0 bridgehead atoms. The molecular weight excluding hydrogens is 262 g/mol. The third-order valence-electron chi connectivity index (χ3n) is 3.58. The first-order valence-electron chi connectivity index (χ1n) is 7.39. The van der Waals surface area contributed by atoms with Crippen LogP contribution in [0.3, 0.4) is 0 Å². The Labute approximate surface area is 125 Å². The van der Waals surface area contributed by atoms with Crippen molar-refractivity contribution in [1.82, 2.24) is 20.3 Å². The van der Waals surface area contributed by atoms with E-state index in [1.807, 2.05) is 44.6 Å². The number of hydrogen-bond acceptors (Lipinski definition) is 5. The average molecular weight is 283 g/mol. The Hall–Kier alpha value is -2.01. The summed E-state index contributed by atoms with van der Waals surface area (Å²) in [5, 5.41) is 3.44. The second-order valence-electron chi connectivity index (χ2n) is 5.65. The average Bonchev–Trinajstić information content (AvgIpc) is 3.30. The summed E-state index contributed by atoms with van der Waals surface area (Å²) in [7, 11) is 2.01. The molecular formula is C16H21N5. The fraction of sp³-hybridized carbons (Fsp3) is 0.438. The van der Waals surface area contributed by atoms with Crippen molar-refractivity contribution >= 4 is 5.82 Å². The lowest BCUT2D eigenvalue weighted by Crippen LogP contribution is -2.20. The van der Waals surface area contributed by atoms with E-state index in [4.69, 9.17) is 0 Å². The lowest BCUT2D eigenvalue weighted by Gasteiger charge is -2.17. The summed E-state index contributed by atoms with van der Waals surface area (Å²) in [6, 6.07) is 6.76. The van der Waals surface area contributed by atoms with Crippen LogP contribution in [0.15, 0.2) is 30.6 Å². The largest absolute Gasteiger partial charge is 0.353 e. The lowest BCUT2D eigenvalue weighted by molar-refractivity contribution is 0.671. The van der Waals surface area contributed by atoms with E-state index < -0.39 is 0 Å². The smallest absolute Gasteiger partial charge is 0.147 e. The molecule has 0 saturated heterocycles. The third-order valence-corrected chi connectivity index (χ3v) is 3.58. The number of nitrogens with zero attached hydrogens (tertiary/aromatic N) is 4. The molecule has 0 radical (unpaired) electrons. The van der Waals surface area contributed by atoms with E-state index in [2.05, 4.69) is 25.2 Å². The van der Waals surface area contributed by atoms with Crippen molar-refractivity contribution in [3.8, 4) is 0 Å². The first-order valence-corrected chi connectivity index (χ1v) is 7.39. The van der Waals surface area contributed by atoms with Gasteiger partial charge < -0.3 is 10.2 Å². The van der Waals surface area contributed by atoms with E-state index >= 15 is 0 Å². The molecule has 1 aliphatic carbocycles. The highest BCUT2D eigenvalue weighted by atomic mass is 15.2. The molecule has 0 aliphatic heterocycles. The second kappa shape index (κ2) is 6.18. The van der Waals surface area contributed by atoms with Gasteiger partial charge in [0, 0.05) is 25.3 Å². The molecule has 2 aromatic heterocycles. The van der Waals surface area contributed by atoms with Crippen LogP contribution in [0.5, 0.6) is 0 Å². The molecule has 1 aliphatic rings. The predicted octanol–water partition coefficient (Wildman–Crippen LogP) is 2.07. The monoisotopic (exact) mass is 283 g/mol. The number of pyridine rings is 1. The maximum atomic E-state index is 4.51. The SMILES string of the molecule is Cc1cccc(CN(C)c2cnc(CNC3CC3)cn2)n1. The van der Waals surface area contributed by atoms with Gasteiger partial charge in [0.15, 0.2) is 0 Å². The van der Waals surface area contributed by atoms with Gasteiger partial charge in [-0.2, -0.15) is 0 Å². The highest BCUT2D eigenvalue weighted by Gasteiger charge is 2.20. The third kappa shape index (κ3) is 3.98. The maximum Gasteiger partial charge on any atom is 0.147 e. The molecule has 1 N–H and O–H groups in total. The van der Waals surface area contributed by atoms with Crippen molar-refractivity contribution in [2.24, 2.45) is 0 Å². The van der Waals surface area contributed by atoms with Gasteiger partial charge >= 0.3 is 0 Å². The topological polar surface area (TPSA) is 53.9 Å². The normalized spacial score (nSPS) is 14.2. The lowest BCUT2D eigenvalue weighted by atomic mass is 10.3. The molecule has 2 aromatic rings. The first-order chi connectivity index (χ1) is 10.2. The van der Waals surface area contributed by atoms with Crippen molar-refractivity contribution in [1.29, 1.82) is 0 Å². The van der Waals surface area contributed by atoms with Crippen LogP contribution in [0.1, 0.15) is 29.9 Å². The van der Waals surface area contributed by atoms with Gasteiger partial charge in [-0.3, -0.25) is 9.97 Å². The quantitative estimate of drug-likeness (QED) is 0.879. The van der Waals surface area contributed by atoms with E-state index in [0.717, 1.165) is 36.0 Å². The van der Waals surface area contributed by atoms with Gasteiger partial charge in [0.05, 0.1) is 30.3 Å². The molecule has 0 unspecified atom stereocenters. The number of aromatic nitrogens is 3. The number of nitrogens with one attached hydrogen (secondary N) is 1. The Morgan fingerprint density at radius 3 is 2.71 bits per heavy atom. The molecule has 0 aromatic carbocycles. The zero-order valence-corrected chi connectivity index (χ0v) is 12.6. The van der Waals surface area contributed by atoms with Gasteiger partial charge in [0.2, 0.25) is 0 Å². The van der Waals surface area contributed by atoms with Crippen LogP contribution in [0.25, 0.3) is 0 Å². The molecule has 1 fully saturated rings. The van der Waals surface area contributed by atoms with Crippen molar-refractivity contribution in [3.05, 3.63) is 47.7 Å². The summed E-state index contributed by atoms with van der Waals surface area (Å²) in [6.45, 7) is 3.54. The Bertz CT molecular complexity index is 592. The van der Waals surface area contributed by atoms with Crippen LogP contribution in [0.2, 0.25) is 0 Å². The number of hydrogen-bond donors (Lipinski definition) is 1. The van der Waals surface area contributed by atoms with Crippen LogP contribution < -0.4 is 10.2 Å². The van der Waals surface area contributed by atoms with Crippen molar-refractivity contribution < 1.29 is 0 Å². The van der Waals surface area contributed by atoms with Gasteiger partial charge in [-0.05, 0) is 31.9 Å². The Kier molecular flexibility index (Phi) is 4.10. The molecule has 2 heterocycles. The van der Waals surface area contributed by atoms with Crippen LogP contribution in [0, 0.1) is 6.92 Å². The molecule has 0 amide bonds. The van der Waals surface area contributed by atoms with Gasteiger partial charge in [-0.15, -0.1) is 0 Å². The summed E-state index contributed by atoms with van der Waals surface area (Å²) in [5.41, 5.74) is 3.07. The zero-order valence-electron chi connectivity index (χ0n) is 12.6. The van der Waals surface area contributed by atoms with Crippen molar-refractivity contribution in [2.45, 2.75) is 38.9 Å². The summed E-state index contributed by atoms with van der Waals surface area (Å²) < 4.78 is 0. The highest BCUT2D eigenvalue weighted by molar-refractivity contribution is 5.35. The van der Waals surface area contributed by atoms with Crippen LogP contribution in [-0.4, -0.2) is 28.0 Å². The Morgan fingerprint density at radius 2 is 2.05 bits per heavy atom. The van der Waals surface area contributed by atoms with Crippen LogP contribution in [0.4, 0.5) is 5.82 Å². The van der Waals surface area contributed by atoms with Crippen LogP contribution >= 0.6 is 0 Å². The second-order valence-corrected chi connectivity index (χ2v) is 5.65. The van der Waals surface area contributed by atoms with Gasteiger partial charge in [0.1, 0.15) is 5.82 Å². The molecule has 5 nitrogen and oxygen atoms in total. The van der Waals surface area contributed by atoms with E-state index in [1.165, 1.54) is 12.8 Å². The Balaban J connectivity index is 1.59. The Morgan fingerprint density at radius 1 is 1.19 bits per heavy atom. The minimum atomic E-state index is 0.696. The zero-order chi connectivity index (χ0) is 14.7.